The molecule has 1 aromatic rings. The Labute approximate surface area is 139 Å². The second-order valence-electron chi connectivity index (χ2n) is 6.37. The predicted octanol–water partition coefficient (Wildman–Crippen LogP) is 3.58. The van der Waals surface area contributed by atoms with Crippen LogP contribution in [0.15, 0.2) is 18.3 Å². The third-order valence-electron chi connectivity index (χ3n) is 3.45. The molecule has 0 amide bonds. The first kappa shape index (κ1) is 17.8. The van der Waals surface area contributed by atoms with Crippen LogP contribution in [0.5, 0.6) is 5.75 Å². The first-order valence-corrected chi connectivity index (χ1v) is 8.41. The number of hydrogen-bond acceptors (Lipinski definition) is 4. The smallest absolute Gasteiger partial charge is 0.138 e. The quantitative estimate of drug-likeness (QED) is 0.569. The van der Waals surface area contributed by atoms with Gasteiger partial charge in [-0.15, -0.1) is 0 Å². The molecule has 1 saturated carbocycles. The maximum atomic E-state index is 5.88. The Morgan fingerprint density at radius 2 is 1.91 bits per heavy atom. The molecule has 0 spiro atoms. The lowest BCUT2D eigenvalue weighted by Gasteiger charge is -2.36. The van der Waals surface area contributed by atoms with Crippen LogP contribution in [0.25, 0.3) is 0 Å². The number of nitrogens with zero attached hydrogens (tertiary/aromatic N) is 1. The van der Waals surface area contributed by atoms with Crippen LogP contribution in [0.2, 0.25) is 0 Å². The summed E-state index contributed by atoms with van der Waals surface area (Å²) < 4.78 is 17.0. The van der Waals surface area contributed by atoms with Crippen molar-refractivity contribution in [2.75, 3.05) is 6.61 Å². The van der Waals surface area contributed by atoms with Crippen molar-refractivity contribution in [2.45, 2.75) is 71.4 Å². The molecule has 126 valence electrons. The highest BCUT2D eigenvalue weighted by Gasteiger charge is 2.32. The van der Waals surface area contributed by atoms with Crippen molar-refractivity contribution in [1.29, 1.82) is 0 Å². The second-order valence-corrected chi connectivity index (χ2v) is 6.37. The number of aromatic nitrogens is 1. The lowest BCUT2D eigenvalue weighted by molar-refractivity contribution is -0.0850. The Balaban J connectivity index is 1.70. The summed E-state index contributed by atoms with van der Waals surface area (Å²) in [6.45, 7) is 8.83. The van der Waals surface area contributed by atoms with Crippen LogP contribution in [-0.4, -0.2) is 36.0 Å². The van der Waals surface area contributed by atoms with Crippen molar-refractivity contribution >= 4 is 0 Å². The van der Waals surface area contributed by atoms with E-state index in [0.29, 0.717) is 12.7 Å². The van der Waals surface area contributed by atoms with E-state index in [1.807, 2.05) is 26.0 Å². The molecule has 1 heterocycles. The van der Waals surface area contributed by atoms with E-state index in [4.69, 9.17) is 14.2 Å². The van der Waals surface area contributed by atoms with Crippen LogP contribution >= 0.6 is 0 Å². The van der Waals surface area contributed by atoms with Crippen molar-refractivity contribution in [3.05, 3.63) is 24.0 Å². The van der Waals surface area contributed by atoms with Gasteiger partial charge in [-0.25, -0.2) is 4.98 Å². The molecular formula is C19H27NO3. The number of hydrogen-bond donors (Lipinski definition) is 0. The Morgan fingerprint density at radius 3 is 2.52 bits per heavy atom. The minimum absolute atomic E-state index is 0.241. The monoisotopic (exact) mass is 317 g/mol. The molecule has 1 aliphatic rings. The maximum absolute atomic E-state index is 5.88. The molecule has 0 saturated heterocycles. The summed E-state index contributed by atoms with van der Waals surface area (Å²) in [7, 11) is 0. The standard InChI is InChI=1S/C19H27NO3/c1-14(2)21-10-6-5-7-16-8-9-17(13-20-16)23-19-11-18(12-19)22-15(3)4/h8-9,13-15,18-19H,6,10-12H2,1-4H3. The third-order valence-corrected chi connectivity index (χ3v) is 3.45. The average molecular weight is 317 g/mol. The Morgan fingerprint density at radius 1 is 1.13 bits per heavy atom. The van der Waals surface area contributed by atoms with Crippen molar-refractivity contribution < 1.29 is 14.2 Å². The predicted molar refractivity (Wildman–Crippen MR) is 90.5 cm³/mol. The lowest BCUT2D eigenvalue weighted by Crippen LogP contribution is -2.40. The van der Waals surface area contributed by atoms with E-state index in [2.05, 4.69) is 30.7 Å². The zero-order chi connectivity index (χ0) is 16.7. The van der Waals surface area contributed by atoms with Crippen LogP contribution in [0, 0.1) is 11.8 Å². The summed E-state index contributed by atoms with van der Waals surface area (Å²) in [4.78, 5) is 4.32. The molecule has 0 aliphatic heterocycles. The van der Waals surface area contributed by atoms with Gasteiger partial charge in [0.05, 0.1) is 31.1 Å². The van der Waals surface area contributed by atoms with E-state index in [9.17, 15) is 0 Å². The van der Waals surface area contributed by atoms with E-state index in [-0.39, 0.29) is 18.3 Å². The topological polar surface area (TPSA) is 40.6 Å². The molecule has 1 fully saturated rings. The molecule has 2 rings (SSSR count). The van der Waals surface area contributed by atoms with Gasteiger partial charge in [-0.1, -0.05) is 5.92 Å². The first-order valence-electron chi connectivity index (χ1n) is 8.41. The zero-order valence-corrected chi connectivity index (χ0v) is 14.5. The molecule has 0 N–H and O–H groups in total. The SMILES string of the molecule is CC(C)OCCC#Cc1ccc(OC2CC(OC(C)C)C2)cn1. The highest BCUT2D eigenvalue weighted by Crippen LogP contribution is 2.28. The van der Waals surface area contributed by atoms with Gasteiger partial charge in [-0.3, -0.25) is 0 Å². The van der Waals surface area contributed by atoms with Gasteiger partial charge in [0.1, 0.15) is 17.5 Å². The highest BCUT2D eigenvalue weighted by molar-refractivity contribution is 5.31. The van der Waals surface area contributed by atoms with Gasteiger partial charge >= 0.3 is 0 Å². The highest BCUT2D eigenvalue weighted by atomic mass is 16.5. The summed E-state index contributed by atoms with van der Waals surface area (Å²) in [5.74, 6) is 6.91. The molecule has 0 radical (unpaired) electrons. The van der Waals surface area contributed by atoms with Gasteiger partial charge in [-0.2, -0.15) is 0 Å². The van der Waals surface area contributed by atoms with Gasteiger partial charge in [-0.05, 0) is 45.7 Å². The Kier molecular flexibility index (Phi) is 6.88. The molecule has 0 atom stereocenters. The molecule has 0 unspecified atom stereocenters. The van der Waals surface area contributed by atoms with Crippen LogP contribution in [-0.2, 0) is 9.47 Å². The van der Waals surface area contributed by atoms with Crippen molar-refractivity contribution in [1.82, 2.24) is 4.98 Å². The van der Waals surface area contributed by atoms with Gasteiger partial charge in [0.25, 0.3) is 0 Å². The lowest BCUT2D eigenvalue weighted by atomic mass is 9.92. The van der Waals surface area contributed by atoms with E-state index in [1.165, 1.54) is 0 Å². The van der Waals surface area contributed by atoms with Crippen LogP contribution in [0.3, 0.4) is 0 Å². The molecule has 4 nitrogen and oxygen atoms in total. The van der Waals surface area contributed by atoms with Crippen molar-refractivity contribution in [3.63, 3.8) is 0 Å². The molecule has 1 aliphatic carbocycles. The summed E-state index contributed by atoms with van der Waals surface area (Å²) in [6.07, 6.45) is 5.49. The summed E-state index contributed by atoms with van der Waals surface area (Å²) in [5, 5.41) is 0. The summed E-state index contributed by atoms with van der Waals surface area (Å²) in [6, 6.07) is 3.82. The normalized spacial score (nSPS) is 20.1. The fourth-order valence-electron chi connectivity index (χ4n) is 2.32. The van der Waals surface area contributed by atoms with E-state index >= 15 is 0 Å². The van der Waals surface area contributed by atoms with Crippen molar-refractivity contribution in [2.24, 2.45) is 0 Å². The Bertz CT molecular complexity index is 522. The minimum Gasteiger partial charge on any atom is -0.489 e. The van der Waals surface area contributed by atoms with Gasteiger partial charge in [0.2, 0.25) is 0 Å². The van der Waals surface area contributed by atoms with E-state index in [1.54, 1.807) is 6.20 Å². The van der Waals surface area contributed by atoms with Crippen LogP contribution in [0.1, 0.15) is 52.7 Å². The fourth-order valence-corrected chi connectivity index (χ4v) is 2.32. The summed E-state index contributed by atoms with van der Waals surface area (Å²) in [5.41, 5.74) is 0.761. The molecular weight excluding hydrogens is 290 g/mol. The Hall–Kier alpha value is -1.57. The molecule has 1 aromatic heterocycles. The molecule has 23 heavy (non-hydrogen) atoms. The van der Waals surface area contributed by atoms with Gasteiger partial charge < -0.3 is 14.2 Å². The van der Waals surface area contributed by atoms with Crippen LogP contribution < -0.4 is 4.74 Å². The average Bonchev–Trinajstić information content (AvgIpc) is 2.45. The molecule has 4 heteroatoms. The minimum atomic E-state index is 0.241. The summed E-state index contributed by atoms with van der Waals surface area (Å²) >= 11 is 0. The molecule has 0 bridgehead atoms. The number of ether oxygens (including phenoxy) is 3. The largest absolute Gasteiger partial charge is 0.489 e. The van der Waals surface area contributed by atoms with Gasteiger partial charge in [0.15, 0.2) is 0 Å². The van der Waals surface area contributed by atoms with Crippen LogP contribution in [0.4, 0.5) is 0 Å². The van der Waals surface area contributed by atoms with Crippen molar-refractivity contribution in [3.8, 4) is 17.6 Å². The van der Waals surface area contributed by atoms with E-state index in [0.717, 1.165) is 30.7 Å². The first-order chi connectivity index (χ1) is 11.0. The van der Waals surface area contributed by atoms with Gasteiger partial charge in [0, 0.05) is 19.3 Å². The fraction of sp³-hybridized carbons (Fsp3) is 0.632. The second kappa shape index (κ2) is 8.90. The zero-order valence-electron chi connectivity index (χ0n) is 14.5. The number of pyridine rings is 1. The van der Waals surface area contributed by atoms with E-state index < -0.39 is 0 Å². The maximum Gasteiger partial charge on any atom is 0.138 e. The molecule has 0 aromatic carbocycles. The third kappa shape index (κ3) is 6.60. The number of rotatable bonds is 7.